The number of aromatic nitrogens is 2. The second kappa shape index (κ2) is 6.55. The average molecular weight is 276 g/mol. The van der Waals surface area contributed by atoms with Crippen molar-refractivity contribution in [2.45, 2.75) is 13.3 Å². The maximum absolute atomic E-state index is 11.7. The van der Waals surface area contributed by atoms with Crippen molar-refractivity contribution < 1.29 is 14.1 Å². The molecule has 1 heterocycles. The van der Waals surface area contributed by atoms with E-state index in [-0.39, 0.29) is 0 Å². The minimum atomic E-state index is -0.424. The summed E-state index contributed by atoms with van der Waals surface area (Å²) in [6, 6.07) is 5.14. The minimum absolute atomic E-state index is 0.313. The van der Waals surface area contributed by atoms with E-state index in [9.17, 15) is 4.79 Å². The fourth-order valence-corrected chi connectivity index (χ4v) is 1.67. The number of nitrogens with one attached hydrogen (secondary N) is 1. The Bertz CT molecular complexity index is 569. The van der Waals surface area contributed by atoms with Crippen molar-refractivity contribution in [1.82, 2.24) is 10.1 Å². The van der Waals surface area contributed by atoms with E-state index in [0.717, 1.165) is 5.69 Å². The lowest BCUT2D eigenvalue weighted by Gasteiger charge is -2.09. The number of nitrogens with two attached hydrogens (primary N) is 1. The predicted octanol–water partition coefficient (Wildman–Crippen LogP) is 1.48. The van der Waals surface area contributed by atoms with E-state index >= 15 is 0 Å². The number of nitrogens with zero attached hydrogens (tertiary/aromatic N) is 2. The molecule has 0 aliphatic rings. The van der Waals surface area contributed by atoms with E-state index in [1.807, 2.05) is 0 Å². The SMILES string of the molecule is CCOC(=O)c1cc(NCCc2ncon2)ccc1N. The topological polar surface area (TPSA) is 103 Å². The second-order valence-corrected chi connectivity index (χ2v) is 4.05. The van der Waals surface area contributed by atoms with E-state index in [1.54, 1.807) is 25.1 Å². The van der Waals surface area contributed by atoms with Crippen molar-refractivity contribution in [3.63, 3.8) is 0 Å². The molecule has 0 fully saturated rings. The van der Waals surface area contributed by atoms with Crippen LogP contribution < -0.4 is 11.1 Å². The van der Waals surface area contributed by atoms with Crippen LogP contribution in [0.2, 0.25) is 0 Å². The van der Waals surface area contributed by atoms with Crippen LogP contribution >= 0.6 is 0 Å². The highest BCUT2D eigenvalue weighted by molar-refractivity contribution is 5.96. The van der Waals surface area contributed by atoms with Crippen LogP contribution in [0.15, 0.2) is 29.1 Å². The van der Waals surface area contributed by atoms with Crippen molar-refractivity contribution in [3.8, 4) is 0 Å². The average Bonchev–Trinajstić information content (AvgIpc) is 2.94. The van der Waals surface area contributed by atoms with E-state index in [1.165, 1.54) is 6.39 Å². The summed E-state index contributed by atoms with van der Waals surface area (Å²) in [6.45, 7) is 2.68. The molecule has 1 aromatic carbocycles. The molecular weight excluding hydrogens is 260 g/mol. The molecule has 2 aromatic rings. The second-order valence-electron chi connectivity index (χ2n) is 4.05. The Labute approximate surface area is 116 Å². The van der Waals surface area contributed by atoms with Crippen molar-refractivity contribution in [3.05, 3.63) is 36.0 Å². The quantitative estimate of drug-likeness (QED) is 0.608. The summed E-state index contributed by atoms with van der Waals surface area (Å²) in [7, 11) is 0. The largest absolute Gasteiger partial charge is 0.462 e. The van der Waals surface area contributed by atoms with Gasteiger partial charge in [0, 0.05) is 24.3 Å². The van der Waals surface area contributed by atoms with Crippen LogP contribution in [0.4, 0.5) is 11.4 Å². The van der Waals surface area contributed by atoms with Gasteiger partial charge < -0.3 is 20.3 Å². The first kappa shape index (κ1) is 13.9. The van der Waals surface area contributed by atoms with Crippen LogP contribution in [0.25, 0.3) is 0 Å². The van der Waals surface area contributed by atoms with Gasteiger partial charge in [-0.15, -0.1) is 0 Å². The van der Waals surface area contributed by atoms with Crippen LogP contribution in [0, 0.1) is 0 Å². The summed E-state index contributed by atoms with van der Waals surface area (Å²) in [6.07, 6.45) is 1.91. The van der Waals surface area contributed by atoms with Gasteiger partial charge in [-0.1, -0.05) is 5.16 Å². The number of esters is 1. The summed E-state index contributed by atoms with van der Waals surface area (Å²) >= 11 is 0. The van der Waals surface area contributed by atoms with Gasteiger partial charge in [0.15, 0.2) is 5.82 Å². The number of hydrogen-bond donors (Lipinski definition) is 2. The number of hydrogen-bond acceptors (Lipinski definition) is 7. The molecule has 1 aromatic heterocycles. The summed E-state index contributed by atoms with van der Waals surface area (Å²) in [4.78, 5) is 15.6. The molecule has 0 aliphatic heterocycles. The van der Waals surface area contributed by atoms with Crippen LogP contribution in [-0.2, 0) is 11.2 Å². The fourth-order valence-electron chi connectivity index (χ4n) is 1.67. The summed E-state index contributed by atoms with van der Waals surface area (Å²) in [5.74, 6) is 0.199. The molecule has 0 spiro atoms. The zero-order valence-corrected chi connectivity index (χ0v) is 11.1. The molecule has 0 radical (unpaired) electrons. The predicted molar refractivity (Wildman–Crippen MR) is 73.3 cm³/mol. The van der Waals surface area contributed by atoms with Gasteiger partial charge in [-0.2, -0.15) is 4.98 Å². The molecule has 0 aliphatic carbocycles. The zero-order chi connectivity index (χ0) is 14.4. The summed E-state index contributed by atoms with van der Waals surface area (Å²) in [5, 5.41) is 6.87. The van der Waals surface area contributed by atoms with Crippen molar-refractivity contribution >= 4 is 17.3 Å². The first-order valence-corrected chi connectivity index (χ1v) is 6.26. The third-order valence-electron chi connectivity index (χ3n) is 2.63. The first-order valence-electron chi connectivity index (χ1n) is 6.26. The lowest BCUT2D eigenvalue weighted by Crippen LogP contribution is -2.10. The molecule has 7 nitrogen and oxygen atoms in total. The Kier molecular flexibility index (Phi) is 4.54. The van der Waals surface area contributed by atoms with E-state index in [0.29, 0.717) is 36.6 Å². The number of carbonyl (C=O) groups excluding carboxylic acids is 1. The van der Waals surface area contributed by atoms with Crippen LogP contribution in [0.1, 0.15) is 23.1 Å². The number of carbonyl (C=O) groups is 1. The molecule has 7 heteroatoms. The molecule has 106 valence electrons. The van der Waals surface area contributed by atoms with Gasteiger partial charge in [-0.05, 0) is 25.1 Å². The van der Waals surface area contributed by atoms with Gasteiger partial charge >= 0.3 is 5.97 Å². The Balaban J connectivity index is 1.98. The lowest BCUT2D eigenvalue weighted by molar-refractivity contribution is 0.0527. The lowest BCUT2D eigenvalue weighted by atomic mass is 10.1. The number of rotatable bonds is 6. The highest BCUT2D eigenvalue weighted by Crippen LogP contribution is 2.18. The zero-order valence-electron chi connectivity index (χ0n) is 11.1. The Morgan fingerprint density at radius 1 is 1.50 bits per heavy atom. The number of anilines is 2. The number of ether oxygens (including phenoxy) is 1. The Hall–Kier alpha value is -2.57. The van der Waals surface area contributed by atoms with Gasteiger partial charge in [0.25, 0.3) is 0 Å². The molecule has 0 unspecified atom stereocenters. The van der Waals surface area contributed by atoms with Crippen LogP contribution in [0.3, 0.4) is 0 Å². The van der Waals surface area contributed by atoms with Gasteiger partial charge in [0.05, 0.1) is 12.2 Å². The Morgan fingerprint density at radius 2 is 2.35 bits per heavy atom. The third kappa shape index (κ3) is 3.47. The highest BCUT2D eigenvalue weighted by Gasteiger charge is 2.11. The third-order valence-corrected chi connectivity index (χ3v) is 2.63. The van der Waals surface area contributed by atoms with Gasteiger partial charge in [0.1, 0.15) is 0 Å². The van der Waals surface area contributed by atoms with Gasteiger partial charge in [0.2, 0.25) is 6.39 Å². The fraction of sp³-hybridized carbons (Fsp3) is 0.308. The van der Waals surface area contributed by atoms with E-state index in [4.69, 9.17) is 10.5 Å². The standard InChI is InChI=1S/C13H16N4O3/c1-2-19-13(18)10-7-9(3-4-11(10)14)15-6-5-12-16-8-20-17-12/h3-4,7-8,15H,2,5-6,14H2,1H3. The molecule has 2 rings (SSSR count). The number of nitrogen functional groups attached to an aromatic ring is 1. The Morgan fingerprint density at radius 3 is 3.05 bits per heavy atom. The molecular formula is C13H16N4O3. The first-order chi connectivity index (χ1) is 9.70. The number of benzene rings is 1. The molecule has 0 bridgehead atoms. The monoisotopic (exact) mass is 276 g/mol. The molecule has 0 amide bonds. The van der Waals surface area contributed by atoms with E-state index in [2.05, 4.69) is 20.0 Å². The highest BCUT2D eigenvalue weighted by atomic mass is 16.5. The summed E-state index contributed by atoms with van der Waals surface area (Å²) < 4.78 is 9.59. The van der Waals surface area contributed by atoms with Crippen LogP contribution in [0.5, 0.6) is 0 Å². The molecule has 0 saturated carbocycles. The van der Waals surface area contributed by atoms with Gasteiger partial charge in [-0.3, -0.25) is 0 Å². The smallest absolute Gasteiger partial charge is 0.340 e. The maximum atomic E-state index is 11.7. The van der Waals surface area contributed by atoms with E-state index < -0.39 is 5.97 Å². The maximum Gasteiger partial charge on any atom is 0.340 e. The van der Waals surface area contributed by atoms with Crippen molar-refractivity contribution in [1.29, 1.82) is 0 Å². The van der Waals surface area contributed by atoms with Gasteiger partial charge in [-0.25, -0.2) is 4.79 Å². The molecule has 3 N–H and O–H groups in total. The molecule has 20 heavy (non-hydrogen) atoms. The molecule has 0 saturated heterocycles. The molecule has 0 atom stereocenters. The van der Waals surface area contributed by atoms with Crippen molar-refractivity contribution in [2.75, 3.05) is 24.2 Å². The van der Waals surface area contributed by atoms with Crippen molar-refractivity contribution in [2.24, 2.45) is 0 Å². The normalized spacial score (nSPS) is 10.2. The minimum Gasteiger partial charge on any atom is -0.462 e. The van der Waals surface area contributed by atoms with Crippen LogP contribution in [-0.4, -0.2) is 29.3 Å². The summed E-state index contributed by atoms with van der Waals surface area (Å²) in [5.41, 5.74) is 7.30.